The lowest BCUT2D eigenvalue weighted by Crippen LogP contribution is -2.16. The van der Waals surface area contributed by atoms with E-state index in [-0.39, 0.29) is 23.7 Å². The summed E-state index contributed by atoms with van der Waals surface area (Å²) >= 11 is 0. The van der Waals surface area contributed by atoms with Gasteiger partial charge in [-0.05, 0) is 55.0 Å². The Bertz CT molecular complexity index is 980. The summed E-state index contributed by atoms with van der Waals surface area (Å²) in [5, 5.41) is 6.90. The number of rotatable bonds is 5. The van der Waals surface area contributed by atoms with Gasteiger partial charge in [0.25, 0.3) is 5.91 Å². The Morgan fingerprint density at radius 1 is 1.15 bits per heavy atom. The average molecular weight is 367 g/mol. The van der Waals surface area contributed by atoms with E-state index in [1.807, 2.05) is 0 Å². The van der Waals surface area contributed by atoms with Crippen LogP contribution in [-0.2, 0) is 11.8 Å². The largest absolute Gasteiger partial charge is 0.462 e. The number of hydrogen-bond acceptors (Lipinski definition) is 4. The zero-order valence-corrected chi connectivity index (χ0v) is 14.9. The van der Waals surface area contributed by atoms with Crippen LogP contribution in [0.5, 0.6) is 0 Å². The van der Waals surface area contributed by atoms with Crippen LogP contribution < -0.4 is 5.32 Å². The summed E-state index contributed by atoms with van der Waals surface area (Å²) in [6.45, 7) is 1.95. The molecule has 0 bridgehead atoms. The van der Waals surface area contributed by atoms with Crippen molar-refractivity contribution >= 4 is 17.6 Å². The molecule has 1 amide bonds. The Morgan fingerprint density at radius 2 is 1.85 bits per heavy atom. The Morgan fingerprint density at radius 3 is 2.56 bits per heavy atom. The molecule has 138 valence electrons. The van der Waals surface area contributed by atoms with Gasteiger partial charge >= 0.3 is 5.97 Å². The van der Waals surface area contributed by atoms with Crippen LogP contribution in [0.25, 0.3) is 11.3 Å². The molecule has 0 spiro atoms. The molecule has 0 atom stereocenters. The molecule has 0 aliphatic rings. The summed E-state index contributed by atoms with van der Waals surface area (Å²) in [6.07, 6.45) is 0. The van der Waals surface area contributed by atoms with Gasteiger partial charge in [-0.1, -0.05) is 12.1 Å². The van der Waals surface area contributed by atoms with E-state index in [4.69, 9.17) is 4.74 Å². The average Bonchev–Trinajstić information content (AvgIpc) is 3.05. The highest BCUT2D eigenvalue weighted by molar-refractivity contribution is 6.07. The van der Waals surface area contributed by atoms with E-state index in [0.717, 1.165) is 5.56 Å². The lowest BCUT2D eigenvalue weighted by Gasteiger charge is -2.09. The van der Waals surface area contributed by atoms with E-state index in [2.05, 4.69) is 10.4 Å². The van der Waals surface area contributed by atoms with Gasteiger partial charge in [0, 0.05) is 7.05 Å². The van der Waals surface area contributed by atoms with Crippen molar-refractivity contribution in [1.82, 2.24) is 9.78 Å². The van der Waals surface area contributed by atoms with E-state index in [0.29, 0.717) is 11.4 Å². The first-order chi connectivity index (χ1) is 13.0. The topological polar surface area (TPSA) is 73.2 Å². The number of carbonyl (C=O) groups excluding carboxylic acids is 2. The molecule has 1 heterocycles. The zero-order chi connectivity index (χ0) is 19.4. The second-order valence-corrected chi connectivity index (χ2v) is 5.77. The first-order valence-corrected chi connectivity index (χ1v) is 8.37. The third-order valence-electron chi connectivity index (χ3n) is 3.92. The van der Waals surface area contributed by atoms with Crippen LogP contribution in [0, 0.1) is 5.82 Å². The fourth-order valence-corrected chi connectivity index (χ4v) is 2.63. The summed E-state index contributed by atoms with van der Waals surface area (Å²) < 4.78 is 19.7. The normalized spacial score (nSPS) is 10.5. The third-order valence-corrected chi connectivity index (χ3v) is 3.92. The lowest BCUT2D eigenvalue weighted by molar-refractivity contribution is 0.0527. The highest BCUT2D eigenvalue weighted by atomic mass is 19.1. The number of ether oxygens (including phenoxy) is 1. The number of amides is 1. The molecule has 0 unspecified atom stereocenters. The highest BCUT2D eigenvalue weighted by Gasteiger charge is 2.18. The van der Waals surface area contributed by atoms with Gasteiger partial charge in [-0.25, -0.2) is 9.18 Å². The summed E-state index contributed by atoms with van der Waals surface area (Å²) in [6, 6.07) is 14.1. The number of anilines is 1. The minimum Gasteiger partial charge on any atom is -0.462 e. The number of benzene rings is 2. The van der Waals surface area contributed by atoms with Crippen molar-refractivity contribution in [3.63, 3.8) is 0 Å². The van der Waals surface area contributed by atoms with Crippen LogP contribution in [-0.4, -0.2) is 28.3 Å². The maximum absolute atomic E-state index is 13.1. The summed E-state index contributed by atoms with van der Waals surface area (Å²) in [5.74, 6) is -1.31. The fourth-order valence-electron chi connectivity index (χ4n) is 2.63. The van der Waals surface area contributed by atoms with Crippen molar-refractivity contribution in [3.8, 4) is 11.3 Å². The Hall–Kier alpha value is -3.48. The van der Waals surface area contributed by atoms with Crippen molar-refractivity contribution in [2.75, 3.05) is 11.9 Å². The first-order valence-electron chi connectivity index (χ1n) is 8.37. The SMILES string of the molecule is CCOC(=O)c1ccccc1NC(=O)c1cc(-c2ccc(F)cc2)n(C)n1. The number of carbonyl (C=O) groups is 2. The number of aromatic nitrogens is 2. The van der Waals surface area contributed by atoms with Gasteiger partial charge in [-0.15, -0.1) is 0 Å². The molecule has 3 rings (SSSR count). The van der Waals surface area contributed by atoms with Crippen molar-refractivity contribution < 1.29 is 18.7 Å². The molecule has 3 aromatic rings. The van der Waals surface area contributed by atoms with Gasteiger partial charge in [0.05, 0.1) is 23.6 Å². The number of para-hydroxylation sites is 1. The maximum atomic E-state index is 13.1. The highest BCUT2D eigenvalue weighted by Crippen LogP contribution is 2.22. The van der Waals surface area contributed by atoms with E-state index in [9.17, 15) is 14.0 Å². The monoisotopic (exact) mass is 367 g/mol. The molecule has 0 radical (unpaired) electrons. The predicted molar refractivity (Wildman–Crippen MR) is 99.0 cm³/mol. The number of nitrogens with one attached hydrogen (secondary N) is 1. The second kappa shape index (κ2) is 7.82. The van der Waals surface area contributed by atoms with Gasteiger partial charge < -0.3 is 10.1 Å². The van der Waals surface area contributed by atoms with E-state index >= 15 is 0 Å². The molecule has 1 aromatic heterocycles. The predicted octanol–water partition coefficient (Wildman–Crippen LogP) is 3.66. The molecule has 0 aliphatic carbocycles. The molecular weight excluding hydrogens is 349 g/mol. The van der Waals surface area contributed by atoms with Crippen LogP contribution >= 0.6 is 0 Å². The van der Waals surface area contributed by atoms with E-state index in [1.54, 1.807) is 61.1 Å². The van der Waals surface area contributed by atoms with E-state index < -0.39 is 11.9 Å². The van der Waals surface area contributed by atoms with E-state index in [1.165, 1.54) is 12.1 Å². The molecule has 0 fully saturated rings. The number of nitrogens with zero attached hydrogens (tertiary/aromatic N) is 2. The van der Waals surface area contributed by atoms with Gasteiger partial charge in [0.15, 0.2) is 5.69 Å². The molecule has 7 heteroatoms. The molecule has 1 N–H and O–H groups in total. The maximum Gasteiger partial charge on any atom is 0.340 e. The van der Waals surface area contributed by atoms with Gasteiger partial charge in [0.1, 0.15) is 5.82 Å². The number of hydrogen-bond donors (Lipinski definition) is 1. The van der Waals surface area contributed by atoms with Gasteiger partial charge in [-0.2, -0.15) is 5.10 Å². The van der Waals surface area contributed by atoms with Crippen molar-refractivity contribution in [3.05, 3.63) is 71.7 Å². The Balaban J connectivity index is 1.85. The third kappa shape index (κ3) is 4.03. The Labute approximate surface area is 155 Å². The minimum absolute atomic E-state index is 0.176. The molecule has 0 saturated heterocycles. The second-order valence-electron chi connectivity index (χ2n) is 5.77. The number of esters is 1. The fraction of sp³-hybridized carbons (Fsp3) is 0.150. The first kappa shape index (κ1) is 18.3. The quantitative estimate of drug-likeness (QED) is 0.699. The minimum atomic E-state index is -0.513. The molecule has 6 nitrogen and oxygen atoms in total. The number of halogens is 1. The molecule has 27 heavy (non-hydrogen) atoms. The number of aryl methyl sites for hydroxylation is 1. The smallest absolute Gasteiger partial charge is 0.340 e. The molecule has 2 aromatic carbocycles. The summed E-state index contributed by atoms with van der Waals surface area (Å²) in [7, 11) is 1.70. The van der Waals surface area contributed by atoms with Crippen LogP contribution in [0.15, 0.2) is 54.6 Å². The standard InChI is InChI=1S/C20H18FN3O3/c1-3-27-20(26)15-6-4-5-7-16(15)22-19(25)17-12-18(24(2)23-17)13-8-10-14(21)11-9-13/h4-12H,3H2,1-2H3,(H,22,25). The molecular formula is C20H18FN3O3. The van der Waals surface area contributed by atoms with Crippen LogP contribution in [0.1, 0.15) is 27.8 Å². The summed E-state index contributed by atoms with van der Waals surface area (Å²) in [5.41, 5.74) is 2.18. The van der Waals surface area contributed by atoms with Gasteiger partial charge in [0.2, 0.25) is 0 Å². The van der Waals surface area contributed by atoms with Crippen molar-refractivity contribution in [1.29, 1.82) is 0 Å². The van der Waals surface area contributed by atoms with Crippen molar-refractivity contribution in [2.45, 2.75) is 6.92 Å². The zero-order valence-electron chi connectivity index (χ0n) is 14.9. The van der Waals surface area contributed by atoms with Gasteiger partial charge in [-0.3, -0.25) is 9.48 Å². The Kier molecular flexibility index (Phi) is 5.30. The lowest BCUT2D eigenvalue weighted by atomic mass is 10.1. The molecule has 0 saturated carbocycles. The molecule has 0 aliphatic heterocycles. The van der Waals surface area contributed by atoms with Crippen molar-refractivity contribution in [2.24, 2.45) is 7.05 Å². The summed E-state index contributed by atoms with van der Waals surface area (Å²) in [4.78, 5) is 24.6. The van der Waals surface area contributed by atoms with Crippen LogP contribution in [0.2, 0.25) is 0 Å². The van der Waals surface area contributed by atoms with Crippen LogP contribution in [0.4, 0.5) is 10.1 Å². The van der Waals surface area contributed by atoms with Crippen LogP contribution in [0.3, 0.4) is 0 Å².